The number of aryl methyl sites for hydroxylation is 1. The zero-order chi connectivity index (χ0) is 18.4. The summed E-state index contributed by atoms with van der Waals surface area (Å²) in [6, 6.07) is 10.9. The Morgan fingerprint density at radius 1 is 1.19 bits per heavy atom. The molecule has 0 bridgehead atoms. The SMILES string of the molecule is Cn1ncc2c1ncn1nc(-c3ccc(COc4cccc(Cl)c4)o3)nc21. The Morgan fingerprint density at radius 2 is 2.11 bits per heavy atom. The molecule has 0 atom stereocenters. The second-order valence-electron chi connectivity index (χ2n) is 5.97. The summed E-state index contributed by atoms with van der Waals surface area (Å²) in [7, 11) is 1.84. The first-order valence-corrected chi connectivity index (χ1v) is 8.56. The van der Waals surface area contributed by atoms with Crippen molar-refractivity contribution in [1.82, 2.24) is 29.4 Å². The van der Waals surface area contributed by atoms with Crippen molar-refractivity contribution in [3.8, 4) is 17.3 Å². The zero-order valence-corrected chi connectivity index (χ0v) is 15.0. The van der Waals surface area contributed by atoms with Crippen molar-refractivity contribution in [3.05, 3.63) is 59.7 Å². The highest BCUT2D eigenvalue weighted by molar-refractivity contribution is 6.30. The first-order valence-electron chi connectivity index (χ1n) is 8.18. The van der Waals surface area contributed by atoms with Gasteiger partial charge in [0.2, 0.25) is 5.82 Å². The number of nitrogens with zero attached hydrogens (tertiary/aromatic N) is 6. The monoisotopic (exact) mass is 380 g/mol. The highest BCUT2D eigenvalue weighted by atomic mass is 35.5. The van der Waals surface area contributed by atoms with Crippen LogP contribution in [0.1, 0.15) is 5.76 Å². The lowest BCUT2D eigenvalue weighted by atomic mass is 10.3. The molecule has 0 aliphatic heterocycles. The fraction of sp³-hybridized carbons (Fsp3) is 0.111. The third kappa shape index (κ3) is 2.80. The minimum Gasteiger partial charge on any atom is -0.486 e. The first kappa shape index (κ1) is 15.8. The molecule has 134 valence electrons. The highest BCUT2D eigenvalue weighted by Gasteiger charge is 2.15. The maximum atomic E-state index is 5.96. The van der Waals surface area contributed by atoms with E-state index in [1.807, 2.05) is 31.3 Å². The van der Waals surface area contributed by atoms with Crippen molar-refractivity contribution in [2.24, 2.45) is 7.05 Å². The van der Waals surface area contributed by atoms with Crippen LogP contribution in [0.5, 0.6) is 5.75 Å². The van der Waals surface area contributed by atoms with Crippen LogP contribution in [0.3, 0.4) is 0 Å². The summed E-state index contributed by atoms with van der Waals surface area (Å²) in [4.78, 5) is 8.92. The lowest BCUT2D eigenvalue weighted by Crippen LogP contribution is -1.94. The van der Waals surface area contributed by atoms with Gasteiger partial charge in [-0.1, -0.05) is 17.7 Å². The average Bonchev–Trinajstić information content (AvgIpc) is 3.37. The van der Waals surface area contributed by atoms with Crippen LogP contribution < -0.4 is 4.74 Å². The number of fused-ring (bicyclic) bond motifs is 3. The molecule has 0 saturated carbocycles. The first-order chi connectivity index (χ1) is 13.2. The van der Waals surface area contributed by atoms with Gasteiger partial charge >= 0.3 is 0 Å². The molecule has 0 N–H and O–H groups in total. The predicted octanol–water partition coefficient (Wildman–Crippen LogP) is 3.50. The number of rotatable bonds is 4. The number of furan rings is 1. The van der Waals surface area contributed by atoms with Gasteiger partial charge in [-0.15, -0.1) is 5.10 Å². The Balaban J connectivity index is 1.43. The van der Waals surface area contributed by atoms with Crippen LogP contribution in [0.2, 0.25) is 5.02 Å². The summed E-state index contributed by atoms with van der Waals surface area (Å²) in [5.74, 6) is 2.37. The molecule has 9 heteroatoms. The van der Waals surface area contributed by atoms with Crippen LogP contribution in [-0.2, 0) is 13.7 Å². The number of halogens is 1. The van der Waals surface area contributed by atoms with E-state index in [1.54, 1.807) is 33.9 Å². The van der Waals surface area contributed by atoms with Crippen molar-refractivity contribution in [3.63, 3.8) is 0 Å². The van der Waals surface area contributed by atoms with Crippen molar-refractivity contribution in [1.29, 1.82) is 0 Å². The second-order valence-corrected chi connectivity index (χ2v) is 6.40. The molecule has 0 radical (unpaired) electrons. The van der Waals surface area contributed by atoms with Crippen LogP contribution >= 0.6 is 11.6 Å². The van der Waals surface area contributed by atoms with Crippen molar-refractivity contribution in [2.75, 3.05) is 0 Å². The highest BCUT2D eigenvalue weighted by Crippen LogP contribution is 2.24. The van der Waals surface area contributed by atoms with E-state index in [0.29, 0.717) is 33.8 Å². The maximum Gasteiger partial charge on any atom is 0.217 e. The van der Waals surface area contributed by atoms with Gasteiger partial charge in [-0.05, 0) is 30.3 Å². The molecule has 5 aromatic rings. The van der Waals surface area contributed by atoms with E-state index >= 15 is 0 Å². The second kappa shape index (κ2) is 6.10. The summed E-state index contributed by atoms with van der Waals surface area (Å²) in [5.41, 5.74) is 1.42. The Labute approximate surface area is 158 Å². The molecule has 0 unspecified atom stereocenters. The quantitative estimate of drug-likeness (QED) is 0.474. The molecule has 0 saturated heterocycles. The third-order valence-electron chi connectivity index (χ3n) is 4.13. The molecule has 0 fully saturated rings. The number of aromatic nitrogens is 6. The lowest BCUT2D eigenvalue weighted by Gasteiger charge is -2.03. The molecular formula is C18H13ClN6O2. The number of hydrogen-bond donors (Lipinski definition) is 0. The molecule has 0 spiro atoms. The van der Waals surface area contributed by atoms with Crippen LogP contribution in [0, 0.1) is 0 Å². The summed E-state index contributed by atoms with van der Waals surface area (Å²) in [6.07, 6.45) is 3.34. The molecule has 27 heavy (non-hydrogen) atoms. The zero-order valence-electron chi connectivity index (χ0n) is 14.2. The number of hydrogen-bond acceptors (Lipinski definition) is 6. The van der Waals surface area contributed by atoms with E-state index in [9.17, 15) is 0 Å². The predicted molar refractivity (Wildman–Crippen MR) is 98.5 cm³/mol. The standard InChI is InChI=1S/C18H13ClN6O2/c1-24-17-14(8-21-24)18-22-16(23-25(18)10-20-17)15-6-5-13(27-15)9-26-12-4-2-3-11(19)7-12/h2-8,10H,9H2,1H3. The minimum absolute atomic E-state index is 0.280. The minimum atomic E-state index is 0.280. The van der Waals surface area contributed by atoms with Gasteiger partial charge in [-0.3, -0.25) is 4.68 Å². The summed E-state index contributed by atoms with van der Waals surface area (Å²) in [6.45, 7) is 0.280. The molecule has 5 rings (SSSR count). The van der Waals surface area contributed by atoms with Gasteiger partial charge in [0.05, 0.1) is 11.6 Å². The summed E-state index contributed by atoms with van der Waals surface area (Å²) in [5, 5.41) is 10.1. The molecular weight excluding hydrogens is 368 g/mol. The lowest BCUT2D eigenvalue weighted by molar-refractivity contribution is 0.272. The van der Waals surface area contributed by atoms with E-state index in [-0.39, 0.29) is 6.61 Å². The van der Waals surface area contributed by atoms with E-state index in [4.69, 9.17) is 20.8 Å². The fourth-order valence-electron chi connectivity index (χ4n) is 2.83. The normalized spacial score (nSPS) is 11.5. The number of ether oxygens (including phenoxy) is 1. The van der Waals surface area contributed by atoms with Gasteiger partial charge in [-0.2, -0.15) is 5.10 Å². The maximum absolute atomic E-state index is 5.96. The third-order valence-corrected chi connectivity index (χ3v) is 4.36. The fourth-order valence-corrected chi connectivity index (χ4v) is 3.01. The van der Waals surface area contributed by atoms with Gasteiger partial charge in [0, 0.05) is 12.1 Å². The van der Waals surface area contributed by atoms with Gasteiger partial charge in [-0.25, -0.2) is 14.5 Å². The van der Waals surface area contributed by atoms with Crippen molar-refractivity contribution in [2.45, 2.75) is 6.61 Å². The smallest absolute Gasteiger partial charge is 0.217 e. The molecule has 1 aromatic carbocycles. The Hall–Kier alpha value is -3.39. The van der Waals surface area contributed by atoms with Crippen LogP contribution in [0.4, 0.5) is 0 Å². The average molecular weight is 381 g/mol. The van der Waals surface area contributed by atoms with Gasteiger partial charge in [0.1, 0.15) is 24.4 Å². The van der Waals surface area contributed by atoms with Crippen LogP contribution in [0.25, 0.3) is 28.3 Å². The summed E-state index contributed by atoms with van der Waals surface area (Å²) < 4.78 is 14.8. The Bertz CT molecular complexity index is 1270. The molecule has 4 aromatic heterocycles. The van der Waals surface area contributed by atoms with Gasteiger partial charge in [0.15, 0.2) is 17.1 Å². The van der Waals surface area contributed by atoms with Gasteiger partial charge in [0.25, 0.3) is 0 Å². The van der Waals surface area contributed by atoms with E-state index in [1.165, 1.54) is 0 Å². The van der Waals surface area contributed by atoms with E-state index in [2.05, 4.69) is 20.2 Å². The Kier molecular flexibility index (Phi) is 3.58. The molecule has 4 heterocycles. The molecule has 8 nitrogen and oxygen atoms in total. The number of benzene rings is 1. The molecule has 0 amide bonds. The topological polar surface area (TPSA) is 83.3 Å². The summed E-state index contributed by atoms with van der Waals surface area (Å²) >= 11 is 5.96. The Morgan fingerprint density at radius 3 is 3.00 bits per heavy atom. The van der Waals surface area contributed by atoms with E-state index < -0.39 is 0 Å². The molecule has 0 aliphatic rings. The van der Waals surface area contributed by atoms with Crippen LogP contribution in [0.15, 0.2) is 53.3 Å². The van der Waals surface area contributed by atoms with E-state index in [0.717, 1.165) is 11.0 Å². The van der Waals surface area contributed by atoms with Gasteiger partial charge < -0.3 is 9.15 Å². The molecule has 0 aliphatic carbocycles. The van der Waals surface area contributed by atoms with Crippen molar-refractivity contribution >= 4 is 28.3 Å². The van der Waals surface area contributed by atoms with Crippen LogP contribution in [-0.4, -0.2) is 29.4 Å². The van der Waals surface area contributed by atoms with Crippen molar-refractivity contribution < 1.29 is 9.15 Å². The largest absolute Gasteiger partial charge is 0.486 e.